The highest BCUT2D eigenvalue weighted by Gasteiger charge is 2.28. The highest BCUT2D eigenvalue weighted by molar-refractivity contribution is 7.99. The number of nitrogens with zero attached hydrogens (tertiary/aromatic N) is 2. The second-order valence-electron chi connectivity index (χ2n) is 6.99. The van der Waals surface area contributed by atoms with Gasteiger partial charge in [0.15, 0.2) is 0 Å². The van der Waals surface area contributed by atoms with Crippen molar-refractivity contribution in [1.29, 1.82) is 0 Å². The van der Waals surface area contributed by atoms with Crippen LogP contribution in [-0.2, 0) is 10.5 Å². The van der Waals surface area contributed by atoms with Crippen LogP contribution in [0.5, 0.6) is 0 Å². The Morgan fingerprint density at radius 1 is 1.38 bits per heavy atom. The number of hydrogen-bond acceptors (Lipinski definition) is 5. The summed E-state index contributed by atoms with van der Waals surface area (Å²) in [6.07, 6.45) is 4.70. The maximum atomic E-state index is 12.8. The van der Waals surface area contributed by atoms with Crippen LogP contribution in [-0.4, -0.2) is 38.6 Å². The van der Waals surface area contributed by atoms with Gasteiger partial charge in [-0.1, -0.05) is 12.8 Å². The Bertz CT molecular complexity index is 852. The third-order valence-electron chi connectivity index (χ3n) is 5.30. The lowest BCUT2D eigenvalue weighted by atomic mass is 10.2. The Balaban J connectivity index is 1.69. The van der Waals surface area contributed by atoms with Crippen molar-refractivity contribution < 1.29 is 4.79 Å². The van der Waals surface area contributed by atoms with E-state index < -0.39 is 0 Å². The number of H-pyrrole nitrogens is 1. The number of aryl methyl sites for hydroxylation is 2. The standard InChI is InChI=1S/C19H27N3O2S2/c1-5-22(14-8-6-7-9-14)19(24)13(4)25-10-15-20-17(23)16-11(2)12(3)26-18(16)21-15/h13-14H,5-10H2,1-4H3,(H,20,21,23). The normalized spacial score (nSPS) is 16.3. The van der Waals surface area contributed by atoms with Crippen molar-refractivity contribution in [3.8, 4) is 0 Å². The summed E-state index contributed by atoms with van der Waals surface area (Å²) >= 11 is 3.11. The zero-order chi connectivity index (χ0) is 18.8. The molecule has 1 atom stereocenters. The maximum absolute atomic E-state index is 12.8. The van der Waals surface area contributed by atoms with E-state index in [4.69, 9.17) is 0 Å². The topological polar surface area (TPSA) is 66.1 Å². The number of carbonyl (C=O) groups excluding carboxylic acids is 1. The average molecular weight is 394 g/mol. The molecule has 0 bridgehead atoms. The van der Waals surface area contributed by atoms with Gasteiger partial charge < -0.3 is 9.88 Å². The van der Waals surface area contributed by atoms with Crippen LogP contribution in [0.25, 0.3) is 10.2 Å². The summed E-state index contributed by atoms with van der Waals surface area (Å²) in [4.78, 5) is 36.6. The van der Waals surface area contributed by atoms with Gasteiger partial charge in [-0.15, -0.1) is 23.1 Å². The first-order chi connectivity index (χ1) is 12.4. The molecule has 0 spiro atoms. The summed E-state index contributed by atoms with van der Waals surface area (Å²) in [5.74, 6) is 1.39. The number of carbonyl (C=O) groups is 1. The maximum Gasteiger partial charge on any atom is 0.259 e. The minimum absolute atomic E-state index is 0.0763. The summed E-state index contributed by atoms with van der Waals surface area (Å²) in [6.45, 7) is 8.76. The van der Waals surface area contributed by atoms with E-state index >= 15 is 0 Å². The molecule has 1 aliphatic rings. The summed E-state index contributed by atoms with van der Waals surface area (Å²) in [6, 6.07) is 0.405. The molecule has 142 valence electrons. The van der Waals surface area contributed by atoms with E-state index in [1.54, 1.807) is 23.1 Å². The first-order valence-electron chi connectivity index (χ1n) is 9.33. The monoisotopic (exact) mass is 393 g/mol. The van der Waals surface area contributed by atoms with Crippen LogP contribution >= 0.6 is 23.1 Å². The Hall–Kier alpha value is -1.34. The molecule has 5 nitrogen and oxygen atoms in total. The molecule has 2 aromatic rings. The number of fused-ring (bicyclic) bond motifs is 1. The second-order valence-corrected chi connectivity index (χ2v) is 9.52. The van der Waals surface area contributed by atoms with E-state index in [-0.39, 0.29) is 16.7 Å². The van der Waals surface area contributed by atoms with E-state index in [1.165, 1.54) is 12.8 Å². The van der Waals surface area contributed by atoms with Gasteiger partial charge >= 0.3 is 0 Å². The number of aromatic amines is 1. The van der Waals surface area contributed by atoms with Gasteiger partial charge in [-0.2, -0.15) is 0 Å². The first-order valence-corrected chi connectivity index (χ1v) is 11.2. The minimum Gasteiger partial charge on any atom is -0.339 e. The highest BCUT2D eigenvalue weighted by atomic mass is 32.2. The predicted octanol–water partition coefficient (Wildman–Crippen LogP) is 4.01. The number of hydrogen-bond donors (Lipinski definition) is 1. The number of thioether (sulfide) groups is 1. The van der Waals surface area contributed by atoms with Gasteiger partial charge in [0.1, 0.15) is 10.7 Å². The zero-order valence-corrected chi connectivity index (χ0v) is 17.6. The molecule has 1 amide bonds. The van der Waals surface area contributed by atoms with Crippen LogP contribution in [0.3, 0.4) is 0 Å². The van der Waals surface area contributed by atoms with Crippen LogP contribution < -0.4 is 5.56 Å². The third kappa shape index (κ3) is 3.83. The lowest BCUT2D eigenvalue weighted by Gasteiger charge is -2.30. The Kier molecular flexibility index (Phi) is 6.07. The number of thiophene rings is 1. The molecular weight excluding hydrogens is 366 g/mol. The molecule has 2 aromatic heterocycles. The van der Waals surface area contributed by atoms with E-state index in [2.05, 4.69) is 16.9 Å². The largest absolute Gasteiger partial charge is 0.339 e. The molecule has 0 aliphatic heterocycles. The Labute approximate surface area is 162 Å². The van der Waals surface area contributed by atoms with Crippen molar-refractivity contribution in [1.82, 2.24) is 14.9 Å². The van der Waals surface area contributed by atoms with Crippen LogP contribution in [0.2, 0.25) is 0 Å². The van der Waals surface area contributed by atoms with Crippen molar-refractivity contribution in [3.05, 3.63) is 26.6 Å². The fourth-order valence-electron chi connectivity index (χ4n) is 3.69. The zero-order valence-electron chi connectivity index (χ0n) is 15.9. The lowest BCUT2D eigenvalue weighted by molar-refractivity contribution is -0.132. The van der Waals surface area contributed by atoms with E-state index in [0.717, 1.165) is 34.7 Å². The van der Waals surface area contributed by atoms with Crippen molar-refractivity contribution in [2.75, 3.05) is 6.54 Å². The Morgan fingerprint density at radius 3 is 2.73 bits per heavy atom. The predicted molar refractivity (Wildman–Crippen MR) is 110 cm³/mol. The number of nitrogens with one attached hydrogen (secondary N) is 1. The van der Waals surface area contributed by atoms with E-state index in [9.17, 15) is 9.59 Å². The molecule has 1 saturated carbocycles. The highest BCUT2D eigenvalue weighted by Crippen LogP contribution is 2.28. The smallest absolute Gasteiger partial charge is 0.259 e. The summed E-state index contributed by atoms with van der Waals surface area (Å²) < 4.78 is 0. The molecule has 1 aliphatic carbocycles. The van der Waals surface area contributed by atoms with Crippen molar-refractivity contribution in [2.45, 2.75) is 70.4 Å². The molecule has 0 saturated heterocycles. The molecule has 0 radical (unpaired) electrons. The van der Waals surface area contributed by atoms with Crippen molar-refractivity contribution in [3.63, 3.8) is 0 Å². The molecule has 26 heavy (non-hydrogen) atoms. The molecule has 2 heterocycles. The van der Waals surface area contributed by atoms with Gasteiger partial charge in [0.25, 0.3) is 5.56 Å². The van der Waals surface area contributed by atoms with Gasteiger partial charge in [0, 0.05) is 17.5 Å². The average Bonchev–Trinajstić information content (AvgIpc) is 3.22. The van der Waals surface area contributed by atoms with E-state index in [1.807, 2.05) is 25.7 Å². The van der Waals surface area contributed by atoms with Gasteiger partial charge in [0.2, 0.25) is 5.91 Å². The number of amides is 1. The summed E-state index contributed by atoms with van der Waals surface area (Å²) in [5.41, 5.74) is 0.934. The number of aromatic nitrogens is 2. The van der Waals surface area contributed by atoms with Gasteiger partial charge in [-0.05, 0) is 46.1 Å². The van der Waals surface area contributed by atoms with Crippen LogP contribution in [0, 0.1) is 13.8 Å². The minimum atomic E-state index is -0.136. The van der Waals surface area contributed by atoms with Crippen molar-refractivity contribution >= 4 is 39.2 Å². The summed E-state index contributed by atoms with van der Waals surface area (Å²) in [7, 11) is 0. The molecule has 3 rings (SSSR count). The molecule has 1 fully saturated rings. The quantitative estimate of drug-likeness (QED) is 0.805. The SMILES string of the molecule is CCN(C(=O)C(C)SCc1nc2sc(C)c(C)c2c(=O)[nH]1)C1CCCC1. The summed E-state index contributed by atoms with van der Waals surface area (Å²) in [5, 5.41) is 0.562. The van der Waals surface area contributed by atoms with E-state index in [0.29, 0.717) is 23.0 Å². The molecular formula is C19H27N3O2S2. The van der Waals surface area contributed by atoms with Gasteiger partial charge in [-0.25, -0.2) is 4.98 Å². The fourth-order valence-corrected chi connectivity index (χ4v) is 5.56. The fraction of sp³-hybridized carbons (Fsp3) is 0.632. The van der Waals surface area contributed by atoms with Crippen LogP contribution in [0.1, 0.15) is 55.8 Å². The number of rotatable bonds is 6. The lowest BCUT2D eigenvalue weighted by Crippen LogP contribution is -2.42. The molecule has 1 N–H and O–H groups in total. The van der Waals surface area contributed by atoms with Crippen LogP contribution in [0.4, 0.5) is 0 Å². The second kappa shape index (κ2) is 8.13. The molecule has 0 aromatic carbocycles. The first kappa shape index (κ1) is 19.4. The van der Waals surface area contributed by atoms with Gasteiger partial charge in [0.05, 0.1) is 16.4 Å². The van der Waals surface area contributed by atoms with Gasteiger partial charge in [-0.3, -0.25) is 9.59 Å². The van der Waals surface area contributed by atoms with Crippen LogP contribution in [0.15, 0.2) is 4.79 Å². The molecule has 1 unspecified atom stereocenters. The Morgan fingerprint density at radius 2 is 2.08 bits per heavy atom. The van der Waals surface area contributed by atoms with Crippen molar-refractivity contribution in [2.24, 2.45) is 0 Å². The third-order valence-corrected chi connectivity index (χ3v) is 7.54. The molecule has 7 heteroatoms.